The van der Waals surface area contributed by atoms with E-state index in [1.807, 2.05) is 18.2 Å². The minimum Gasteiger partial charge on any atom is -0.497 e. The fourth-order valence-corrected chi connectivity index (χ4v) is 2.32. The normalized spacial score (nSPS) is 23.7. The smallest absolute Gasteiger partial charge is 0.128 e. The van der Waals surface area contributed by atoms with Gasteiger partial charge in [-0.3, -0.25) is 0 Å². The Balaban J connectivity index is 2.15. The number of aliphatic hydroxyl groups is 1. The number of ether oxygens (including phenoxy) is 2. The van der Waals surface area contributed by atoms with Crippen molar-refractivity contribution in [3.63, 3.8) is 0 Å². The van der Waals surface area contributed by atoms with Gasteiger partial charge in [0.1, 0.15) is 17.6 Å². The molecule has 2 unspecified atom stereocenters. The van der Waals surface area contributed by atoms with E-state index in [2.05, 4.69) is 0 Å². The number of aliphatic hydroxyl groups excluding tert-OH is 1. The summed E-state index contributed by atoms with van der Waals surface area (Å²) in [6, 6.07) is 5.61. The molecule has 0 radical (unpaired) electrons. The van der Waals surface area contributed by atoms with Gasteiger partial charge in [0.25, 0.3) is 0 Å². The first kappa shape index (κ1) is 13.2. The fraction of sp³-hybridized carbons (Fsp3) is 0.571. The predicted octanol–water partition coefficient (Wildman–Crippen LogP) is 1.84. The third kappa shape index (κ3) is 2.94. The number of nitrogens with two attached hydrogens (primary N) is 1. The summed E-state index contributed by atoms with van der Waals surface area (Å²) in [4.78, 5) is 0. The fourth-order valence-electron chi connectivity index (χ4n) is 2.32. The molecule has 100 valence electrons. The maximum atomic E-state index is 9.93. The molecule has 1 saturated carbocycles. The molecule has 1 aromatic rings. The number of benzene rings is 1. The van der Waals surface area contributed by atoms with Crippen molar-refractivity contribution in [1.82, 2.24) is 0 Å². The lowest BCUT2D eigenvalue weighted by atomic mass is 9.95. The number of methoxy groups -OCH3 is 1. The Labute approximate surface area is 108 Å². The van der Waals surface area contributed by atoms with Gasteiger partial charge in [-0.15, -0.1) is 0 Å². The monoisotopic (exact) mass is 251 g/mol. The molecule has 1 aliphatic rings. The summed E-state index contributed by atoms with van der Waals surface area (Å²) >= 11 is 0. The highest BCUT2D eigenvalue weighted by atomic mass is 16.5. The molecule has 0 heterocycles. The Morgan fingerprint density at radius 3 is 2.78 bits per heavy atom. The van der Waals surface area contributed by atoms with Crippen molar-refractivity contribution in [3.8, 4) is 11.5 Å². The van der Waals surface area contributed by atoms with E-state index < -0.39 is 0 Å². The molecular formula is C14H21NO3. The molecule has 0 spiro atoms. The number of hydrogen-bond acceptors (Lipinski definition) is 4. The molecule has 0 aromatic heterocycles. The molecule has 1 aliphatic carbocycles. The van der Waals surface area contributed by atoms with Crippen LogP contribution < -0.4 is 15.2 Å². The minimum absolute atomic E-state index is 0.129. The quantitative estimate of drug-likeness (QED) is 0.857. The lowest BCUT2D eigenvalue weighted by Crippen LogP contribution is -2.34. The summed E-state index contributed by atoms with van der Waals surface area (Å²) in [6.07, 6.45) is 3.37. The summed E-state index contributed by atoms with van der Waals surface area (Å²) in [6.45, 7) is 0.419. The second-order valence-corrected chi connectivity index (χ2v) is 4.69. The van der Waals surface area contributed by atoms with Crippen molar-refractivity contribution in [1.29, 1.82) is 0 Å². The SMILES string of the molecule is COc1ccc(CN)c(OC2CCCCC2O)c1. The molecule has 1 aromatic carbocycles. The van der Waals surface area contributed by atoms with Crippen LogP contribution in [0.15, 0.2) is 18.2 Å². The maximum Gasteiger partial charge on any atom is 0.128 e. The number of hydrogen-bond donors (Lipinski definition) is 2. The molecule has 0 saturated heterocycles. The molecule has 4 nitrogen and oxygen atoms in total. The molecule has 4 heteroatoms. The van der Waals surface area contributed by atoms with Gasteiger partial charge in [0.05, 0.1) is 13.2 Å². The zero-order chi connectivity index (χ0) is 13.0. The minimum atomic E-state index is -0.379. The van der Waals surface area contributed by atoms with Crippen LogP contribution in [0.3, 0.4) is 0 Å². The van der Waals surface area contributed by atoms with E-state index in [1.165, 1.54) is 0 Å². The van der Waals surface area contributed by atoms with E-state index in [4.69, 9.17) is 15.2 Å². The van der Waals surface area contributed by atoms with Gasteiger partial charge in [-0.05, 0) is 25.3 Å². The van der Waals surface area contributed by atoms with Gasteiger partial charge in [-0.1, -0.05) is 12.5 Å². The third-order valence-electron chi connectivity index (χ3n) is 3.44. The lowest BCUT2D eigenvalue weighted by Gasteiger charge is -2.29. The second kappa shape index (κ2) is 6.07. The van der Waals surface area contributed by atoms with Crippen molar-refractivity contribution < 1.29 is 14.6 Å². The van der Waals surface area contributed by atoms with E-state index in [1.54, 1.807) is 7.11 Å². The van der Waals surface area contributed by atoms with Crippen LogP contribution in [0.2, 0.25) is 0 Å². The van der Waals surface area contributed by atoms with Crippen molar-refractivity contribution in [2.45, 2.75) is 44.4 Å². The molecule has 0 bridgehead atoms. The van der Waals surface area contributed by atoms with Gasteiger partial charge in [0.2, 0.25) is 0 Å². The largest absolute Gasteiger partial charge is 0.497 e. The van der Waals surface area contributed by atoms with Gasteiger partial charge in [0.15, 0.2) is 0 Å². The average molecular weight is 251 g/mol. The second-order valence-electron chi connectivity index (χ2n) is 4.69. The number of rotatable bonds is 4. The van der Waals surface area contributed by atoms with E-state index in [-0.39, 0.29) is 12.2 Å². The predicted molar refractivity (Wildman–Crippen MR) is 69.8 cm³/mol. The highest BCUT2D eigenvalue weighted by Gasteiger charge is 2.25. The third-order valence-corrected chi connectivity index (χ3v) is 3.44. The Kier molecular flexibility index (Phi) is 4.44. The van der Waals surface area contributed by atoms with Gasteiger partial charge in [-0.2, -0.15) is 0 Å². The summed E-state index contributed by atoms with van der Waals surface area (Å²) in [5, 5.41) is 9.93. The average Bonchev–Trinajstić information content (AvgIpc) is 2.41. The maximum absolute atomic E-state index is 9.93. The van der Waals surface area contributed by atoms with Crippen LogP contribution in [-0.2, 0) is 6.54 Å². The Hall–Kier alpha value is -1.26. The molecule has 1 fully saturated rings. The van der Waals surface area contributed by atoms with Crippen molar-refractivity contribution >= 4 is 0 Å². The van der Waals surface area contributed by atoms with E-state index in [0.29, 0.717) is 6.54 Å². The highest BCUT2D eigenvalue weighted by Crippen LogP contribution is 2.29. The zero-order valence-electron chi connectivity index (χ0n) is 10.8. The summed E-state index contributed by atoms with van der Waals surface area (Å²) in [5.41, 5.74) is 6.64. The topological polar surface area (TPSA) is 64.7 Å². The molecule has 3 N–H and O–H groups in total. The van der Waals surface area contributed by atoms with Crippen LogP contribution >= 0.6 is 0 Å². The first-order valence-electron chi connectivity index (χ1n) is 6.46. The van der Waals surface area contributed by atoms with Crippen LogP contribution in [0.25, 0.3) is 0 Å². The van der Waals surface area contributed by atoms with E-state index in [0.717, 1.165) is 42.7 Å². The van der Waals surface area contributed by atoms with Crippen LogP contribution in [-0.4, -0.2) is 24.4 Å². The lowest BCUT2D eigenvalue weighted by molar-refractivity contribution is 0.00632. The van der Waals surface area contributed by atoms with Gasteiger partial charge >= 0.3 is 0 Å². The standard InChI is InChI=1S/C14H21NO3/c1-17-11-7-6-10(9-15)14(8-11)18-13-5-3-2-4-12(13)16/h6-8,12-13,16H,2-5,9,15H2,1H3. The van der Waals surface area contributed by atoms with Gasteiger partial charge < -0.3 is 20.3 Å². The molecule has 2 atom stereocenters. The van der Waals surface area contributed by atoms with E-state index in [9.17, 15) is 5.11 Å². The van der Waals surface area contributed by atoms with Crippen LogP contribution in [0.4, 0.5) is 0 Å². The molecule has 18 heavy (non-hydrogen) atoms. The summed E-state index contributed by atoms with van der Waals surface area (Å²) in [7, 11) is 1.62. The Morgan fingerprint density at radius 1 is 1.33 bits per heavy atom. The molecule has 0 aliphatic heterocycles. The zero-order valence-corrected chi connectivity index (χ0v) is 10.8. The highest BCUT2D eigenvalue weighted by molar-refractivity contribution is 5.40. The Bertz CT molecular complexity index is 395. The van der Waals surface area contributed by atoms with E-state index >= 15 is 0 Å². The summed E-state index contributed by atoms with van der Waals surface area (Å²) < 4.78 is 11.1. The van der Waals surface area contributed by atoms with Gasteiger partial charge in [-0.25, -0.2) is 0 Å². The molecule has 2 rings (SSSR count). The summed E-state index contributed by atoms with van der Waals surface area (Å²) in [5.74, 6) is 1.47. The molecular weight excluding hydrogens is 230 g/mol. The first-order chi connectivity index (χ1) is 8.74. The van der Waals surface area contributed by atoms with Gasteiger partial charge in [0, 0.05) is 18.2 Å². The van der Waals surface area contributed by atoms with Crippen molar-refractivity contribution in [3.05, 3.63) is 23.8 Å². The van der Waals surface area contributed by atoms with Crippen molar-refractivity contribution in [2.75, 3.05) is 7.11 Å². The van der Waals surface area contributed by atoms with Crippen LogP contribution in [0, 0.1) is 0 Å². The van der Waals surface area contributed by atoms with Crippen LogP contribution in [0.1, 0.15) is 31.2 Å². The first-order valence-corrected chi connectivity index (χ1v) is 6.46. The Morgan fingerprint density at radius 2 is 2.11 bits per heavy atom. The van der Waals surface area contributed by atoms with Crippen LogP contribution in [0.5, 0.6) is 11.5 Å². The molecule has 0 amide bonds. The van der Waals surface area contributed by atoms with Crippen molar-refractivity contribution in [2.24, 2.45) is 5.73 Å².